The molecule has 3 aromatic carbocycles. The van der Waals surface area contributed by atoms with Crippen molar-refractivity contribution in [2.45, 2.75) is 49.6 Å². The second kappa shape index (κ2) is 11.3. The first kappa shape index (κ1) is 23.2. The molecule has 0 N–H and O–H groups in total. The molecular weight excluding hydrogens is 430 g/mol. The number of methoxy groups -OCH3 is 1. The van der Waals surface area contributed by atoms with Crippen LogP contribution in [0.5, 0.6) is 11.5 Å². The summed E-state index contributed by atoms with van der Waals surface area (Å²) < 4.78 is 11.4. The van der Waals surface area contributed by atoms with Gasteiger partial charge in [-0.3, -0.25) is 9.69 Å². The first-order valence-corrected chi connectivity index (χ1v) is 12.6. The van der Waals surface area contributed by atoms with E-state index >= 15 is 0 Å². The summed E-state index contributed by atoms with van der Waals surface area (Å²) in [6.45, 7) is 2.24. The molecule has 3 aromatic rings. The number of thioether (sulfide) groups is 1. The Bertz CT molecular complexity index is 1020. The van der Waals surface area contributed by atoms with E-state index in [1.807, 2.05) is 71.3 Å². The third kappa shape index (κ3) is 5.53. The van der Waals surface area contributed by atoms with Gasteiger partial charge in [0.2, 0.25) is 6.10 Å². The van der Waals surface area contributed by atoms with Crippen LogP contribution in [0, 0.1) is 0 Å². The molecule has 4 rings (SSSR count). The zero-order valence-corrected chi connectivity index (χ0v) is 20.1. The fraction of sp³-hybridized carbons (Fsp3) is 0.321. The van der Waals surface area contributed by atoms with Gasteiger partial charge >= 0.3 is 0 Å². The third-order valence-electron chi connectivity index (χ3n) is 5.89. The second-order valence-corrected chi connectivity index (χ2v) is 9.35. The van der Waals surface area contributed by atoms with Gasteiger partial charge in [-0.15, -0.1) is 11.8 Å². The predicted octanol–water partition coefficient (Wildman–Crippen LogP) is 6.90. The minimum absolute atomic E-state index is 0.0385. The first-order valence-electron chi connectivity index (χ1n) is 11.6. The summed E-state index contributed by atoms with van der Waals surface area (Å²) >= 11 is 1.90. The Balaban J connectivity index is 1.52. The van der Waals surface area contributed by atoms with Gasteiger partial charge in [-0.2, -0.15) is 0 Å². The number of rotatable bonds is 11. The Labute approximate surface area is 200 Å². The van der Waals surface area contributed by atoms with Crippen LogP contribution in [0.4, 0.5) is 5.69 Å². The monoisotopic (exact) mass is 461 g/mol. The van der Waals surface area contributed by atoms with Crippen LogP contribution in [0.25, 0.3) is 0 Å². The number of unbranched alkanes of at least 4 members (excludes halogenated alkanes) is 3. The minimum atomic E-state index is -0.554. The van der Waals surface area contributed by atoms with Gasteiger partial charge in [0.05, 0.1) is 7.11 Å². The summed E-state index contributed by atoms with van der Waals surface area (Å²) in [5.41, 5.74) is 1.91. The van der Waals surface area contributed by atoms with Gasteiger partial charge in [-0.25, -0.2) is 0 Å². The summed E-state index contributed by atoms with van der Waals surface area (Å²) in [4.78, 5) is 16.2. The third-order valence-corrected chi connectivity index (χ3v) is 6.99. The average Bonchev–Trinajstić information content (AvgIpc) is 2.87. The number of ether oxygens (including phenoxy) is 2. The van der Waals surface area contributed by atoms with E-state index in [1.54, 1.807) is 7.11 Å². The largest absolute Gasteiger partial charge is 0.497 e. The Hall–Kier alpha value is -2.92. The fourth-order valence-electron chi connectivity index (χ4n) is 4.06. The Morgan fingerprint density at radius 1 is 0.848 bits per heavy atom. The smallest absolute Gasteiger partial charge is 0.271 e. The van der Waals surface area contributed by atoms with Crippen molar-refractivity contribution in [3.8, 4) is 11.5 Å². The number of hydrogen-bond acceptors (Lipinski definition) is 4. The van der Waals surface area contributed by atoms with Crippen LogP contribution in [-0.2, 0) is 4.79 Å². The summed E-state index contributed by atoms with van der Waals surface area (Å²) in [5.74, 6) is 2.57. The van der Waals surface area contributed by atoms with Crippen molar-refractivity contribution in [2.75, 3.05) is 17.8 Å². The van der Waals surface area contributed by atoms with Crippen molar-refractivity contribution in [3.05, 3.63) is 84.4 Å². The maximum atomic E-state index is 13.2. The Morgan fingerprint density at radius 2 is 1.58 bits per heavy atom. The van der Waals surface area contributed by atoms with Crippen molar-refractivity contribution in [2.24, 2.45) is 0 Å². The molecule has 1 saturated heterocycles. The normalized spacial score (nSPS) is 17.5. The molecule has 5 heteroatoms. The number of hydrogen-bond donors (Lipinski definition) is 0. The molecule has 1 aliphatic heterocycles. The Morgan fingerprint density at radius 3 is 2.24 bits per heavy atom. The molecule has 1 amide bonds. The summed E-state index contributed by atoms with van der Waals surface area (Å²) in [6.07, 6.45) is 4.55. The molecule has 0 aliphatic carbocycles. The number of nitrogens with zero attached hydrogens (tertiary/aromatic N) is 1. The van der Waals surface area contributed by atoms with E-state index in [2.05, 4.69) is 31.2 Å². The topological polar surface area (TPSA) is 38.8 Å². The van der Waals surface area contributed by atoms with Gasteiger partial charge in [-0.05, 0) is 66.3 Å². The highest BCUT2D eigenvalue weighted by Crippen LogP contribution is 2.42. The van der Waals surface area contributed by atoms with Crippen LogP contribution >= 0.6 is 11.8 Å². The molecule has 1 heterocycles. The highest BCUT2D eigenvalue weighted by atomic mass is 32.2. The number of para-hydroxylation sites is 1. The highest BCUT2D eigenvalue weighted by molar-refractivity contribution is 7.99. The molecule has 0 radical (unpaired) electrons. The Kier molecular flexibility index (Phi) is 7.95. The molecule has 0 aromatic heterocycles. The van der Waals surface area contributed by atoms with Crippen molar-refractivity contribution in [1.29, 1.82) is 0 Å². The first-order chi connectivity index (χ1) is 16.2. The van der Waals surface area contributed by atoms with E-state index in [0.717, 1.165) is 22.8 Å². The lowest BCUT2D eigenvalue weighted by molar-refractivity contribution is -0.135. The minimum Gasteiger partial charge on any atom is -0.497 e. The lowest BCUT2D eigenvalue weighted by Crippen LogP contribution is -2.61. The summed E-state index contributed by atoms with van der Waals surface area (Å²) in [5, 5.41) is 0. The molecule has 0 bridgehead atoms. The van der Waals surface area contributed by atoms with Crippen LogP contribution in [0.1, 0.15) is 44.2 Å². The molecule has 1 fully saturated rings. The standard InChI is InChI=1S/C28H31NO3S/c1-3-4-5-9-20-33-25-18-12-21(13-19-25)26-27(32-24-10-7-6-8-11-24)28(30)29(26)22-14-16-23(31-2)17-15-22/h6-8,10-19,26-27H,3-5,9,20H2,1-2H3. The van der Waals surface area contributed by atoms with Crippen LogP contribution in [0.15, 0.2) is 83.8 Å². The number of benzene rings is 3. The maximum absolute atomic E-state index is 13.2. The summed E-state index contributed by atoms with van der Waals surface area (Å²) in [6, 6.07) is 25.5. The lowest BCUT2D eigenvalue weighted by atomic mass is 9.89. The molecule has 33 heavy (non-hydrogen) atoms. The number of carbonyl (C=O) groups excluding carboxylic acids is 1. The van der Waals surface area contributed by atoms with E-state index in [-0.39, 0.29) is 11.9 Å². The van der Waals surface area contributed by atoms with Crippen molar-refractivity contribution < 1.29 is 14.3 Å². The van der Waals surface area contributed by atoms with Crippen molar-refractivity contribution >= 4 is 23.4 Å². The maximum Gasteiger partial charge on any atom is 0.271 e. The van der Waals surface area contributed by atoms with E-state index in [1.165, 1.54) is 30.6 Å². The van der Waals surface area contributed by atoms with Crippen LogP contribution < -0.4 is 14.4 Å². The molecule has 4 nitrogen and oxygen atoms in total. The SMILES string of the molecule is CCCCCCSc1ccc(C2C(Oc3ccccc3)C(=O)N2c2ccc(OC)cc2)cc1. The summed E-state index contributed by atoms with van der Waals surface area (Å²) in [7, 11) is 1.64. The van der Waals surface area contributed by atoms with Gasteiger partial charge in [0.1, 0.15) is 17.5 Å². The number of carbonyl (C=O) groups is 1. The molecule has 0 saturated carbocycles. The van der Waals surface area contributed by atoms with Gasteiger partial charge < -0.3 is 9.47 Å². The van der Waals surface area contributed by atoms with Crippen LogP contribution in [0.3, 0.4) is 0 Å². The van der Waals surface area contributed by atoms with Crippen molar-refractivity contribution in [3.63, 3.8) is 0 Å². The van der Waals surface area contributed by atoms with E-state index in [9.17, 15) is 4.79 Å². The molecule has 0 spiro atoms. The number of anilines is 1. The zero-order valence-electron chi connectivity index (χ0n) is 19.3. The van der Waals surface area contributed by atoms with E-state index < -0.39 is 6.10 Å². The van der Waals surface area contributed by atoms with E-state index in [4.69, 9.17) is 9.47 Å². The molecular formula is C28H31NO3S. The number of amides is 1. The average molecular weight is 462 g/mol. The zero-order chi connectivity index (χ0) is 23.0. The molecule has 2 atom stereocenters. The molecule has 172 valence electrons. The van der Waals surface area contributed by atoms with E-state index in [0.29, 0.717) is 5.75 Å². The van der Waals surface area contributed by atoms with Crippen LogP contribution in [0.2, 0.25) is 0 Å². The van der Waals surface area contributed by atoms with Crippen molar-refractivity contribution in [1.82, 2.24) is 0 Å². The van der Waals surface area contributed by atoms with Crippen LogP contribution in [-0.4, -0.2) is 24.9 Å². The second-order valence-electron chi connectivity index (χ2n) is 8.18. The quantitative estimate of drug-likeness (QED) is 0.177. The predicted molar refractivity (Wildman–Crippen MR) is 135 cm³/mol. The molecule has 1 aliphatic rings. The van der Waals surface area contributed by atoms with Gasteiger partial charge in [0.15, 0.2) is 0 Å². The number of β-lactam (4-membered cyclic amide) rings is 1. The van der Waals surface area contributed by atoms with Gasteiger partial charge in [-0.1, -0.05) is 56.5 Å². The highest BCUT2D eigenvalue weighted by Gasteiger charge is 2.51. The fourth-order valence-corrected chi connectivity index (χ4v) is 4.97. The van der Waals surface area contributed by atoms with Gasteiger partial charge in [0, 0.05) is 10.6 Å². The molecule has 2 unspecified atom stereocenters. The lowest BCUT2D eigenvalue weighted by Gasteiger charge is -2.46. The van der Waals surface area contributed by atoms with Gasteiger partial charge in [0.25, 0.3) is 5.91 Å².